The Morgan fingerprint density at radius 2 is 1.68 bits per heavy atom. The lowest BCUT2D eigenvalue weighted by molar-refractivity contribution is -0.0498. The maximum absolute atomic E-state index is 12.3. The van der Waals surface area contributed by atoms with Crippen LogP contribution in [0.5, 0.6) is 5.75 Å². The number of benzene rings is 1. The van der Waals surface area contributed by atoms with E-state index in [-0.39, 0.29) is 5.75 Å². The molecule has 3 rings (SSSR count). The van der Waals surface area contributed by atoms with E-state index >= 15 is 0 Å². The van der Waals surface area contributed by atoms with E-state index in [4.69, 9.17) is 0 Å². The van der Waals surface area contributed by atoms with Crippen LogP contribution in [0.25, 0.3) is 0 Å². The van der Waals surface area contributed by atoms with Crippen molar-refractivity contribution in [1.82, 2.24) is 0 Å². The maximum atomic E-state index is 12.3. The van der Waals surface area contributed by atoms with Crippen molar-refractivity contribution in [2.75, 3.05) is 0 Å². The van der Waals surface area contributed by atoms with E-state index in [9.17, 15) is 8.78 Å². The number of alkyl halides is 2. The Kier molecular flexibility index (Phi) is 6.72. The molecule has 0 radical (unpaired) electrons. The van der Waals surface area contributed by atoms with Crippen LogP contribution in [0, 0.1) is 17.8 Å². The fraction of sp³-hybridized carbons (Fsp3) is 0.727. The fourth-order valence-electron chi connectivity index (χ4n) is 5.16. The molecule has 0 aromatic heterocycles. The van der Waals surface area contributed by atoms with Gasteiger partial charge in [0.15, 0.2) is 0 Å². The van der Waals surface area contributed by atoms with E-state index in [0.717, 1.165) is 17.8 Å². The largest absolute Gasteiger partial charge is 0.435 e. The van der Waals surface area contributed by atoms with Crippen molar-refractivity contribution in [3.05, 3.63) is 29.8 Å². The first-order chi connectivity index (χ1) is 12.2. The molecular weight excluding hydrogens is 318 g/mol. The van der Waals surface area contributed by atoms with Crippen LogP contribution in [-0.4, -0.2) is 6.61 Å². The maximum Gasteiger partial charge on any atom is 0.387 e. The van der Waals surface area contributed by atoms with E-state index in [0.29, 0.717) is 5.92 Å². The minimum Gasteiger partial charge on any atom is -0.435 e. The van der Waals surface area contributed by atoms with Gasteiger partial charge in [0.2, 0.25) is 0 Å². The van der Waals surface area contributed by atoms with Gasteiger partial charge in [0.05, 0.1) is 0 Å². The Morgan fingerprint density at radius 3 is 2.40 bits per heavy atom. The fourth-order valence-corrected chi connectivity index (χ4v) is 5.16. The molecule has 0 bridgehead atoms. The summed E-state index contributed by atoms with van der Waals surface area (Å²) in [7, 11) is 0. The van der Waals surface area contributed by atoms with Crippen LogP contribution >= 0.6 is 0 Å². The molecule has 0 saturated heterocycles. The molecule has 0 heterocycles. The van der Waals surface area contributed by atoms with Gasteiger partial charge in [0, 0.05) is 0 Å². The second kappa shape index (κ2) is 9.00. The Morgan fingerprint density at radius 1 is 0.960 bits per heavy atom. The third kappa shape index (κ3) is 5.18. The molecule has 140 valence electrons. The molecule has 0 aliphatic heterocycles. The van der Waals surface area contributed by atoms with E-state index in [1.807, 2.05) is 12.1 Å². The van der Waals surface area contributed by atoms with Crippen molar-refractivity contribution in [2.24, 2.45) is 17.8 Å². The zero-order chi connectivity index (χ0) is 17.6. The van der Waals surface area contributed by atoms with Crippen LogP contribution in [0.15, 0.2) is 24.3 Å². The summed E-state index contributed by atoms with van der Waals surface area (Å²) in [6.07, 6.45) is 13.7. The molecule has 2 fully saturated rings. The van der Waals surface area contributed by atoms with E-state index in [1.165, 1.54) is 69.8 Å². The molecule has 2 saturated carbocycles. The SMILES string of the molecule is CCCCCC1CCC2CC(c3ccc(OC(F)F)cc3)CCC2C1. The summed E-state index contributed by atoms with van der Waals surface area (Å²) in [5, 5.41) is 0. The normalized spacial score (nSPS) is 29.4. The Labute approximate surface area is 151 Å². The highest BCUT2D eigenvalue weighted by Crippen LogP contribution is 2.48. The summed E-state index contributed by atoms with van der Waals surface area (Å²) < 4.78 is 29.0. The molecule has 0 N–H and O–H groups in total. The number of unbranched alkanes of at least 4 members (excludes halogenated alkanes) is 2. The van der Waals surface area contributed by atoms with E-state index < -0.39 is 6.61 Å². The van der Waals surface area contributed by atoms with Crippen molar-refractivity contribution >= 4 is 0 Å². The number of fused-ring (bicyclic) bond motifs is 1. The number of rotatable bonds is 7. The lowest BCUT2D eigenvalue weighted by Gasteiger charge is -2.42. The predicted molar refractivity (Wildman–Crippen MR) is 98.1 cm³/mol. The molecular formula is C22H32F2O. The van der Waals surface area contributed by atoms with Crippen molar-refractivity contribution in [2.45, 2.75) is 83.7 Å². The molecule has 2 aliphatic carbocycles. The van der Waals surface area contributed by atoms with Crippen molar-refractivity contribution in [3.63, 3.8) is 0 Å². The Balaban J connectivity index is 1.50. The van der Waals surface area contributed by atoms with Gasteiger partial charge >= 0.3 is 6.61 Å². The molecule has 1 aromatic carbocycles. The van der Waals surface area contributed by atoms with Gasteiger partial charge in [-0.15, -0.1) is 0 Å². The second-order valence-electron chi connectivity index (χ2n) is 8.15. The summed E-state index contributed by atoms with van der Waals surface area (Å²) in [6, 6.07) is 7.36. The summed E-state index contributed by atoms with van der Waals surface area (Å²) >= 11 is 0. The van der Waals surface area contributed by atoms with Crippen LogP contribution < -0.4 is 4.74 Å². The van der Waals surface area contributed by atoms with Gasteiger partial charge in [-0.3, -0.25) is 0 Å². The molecule has 4 unspecified atom stereocenters. The molecule has 0 amide bonds. The molecule has 1 aromatic rings. The highest BCUT2D eigenvalue weighted by Gasteiger charge is 2.35. The monoisotopic (exact) mass is 350 g/mol. The topological polar surface area (TPSA) is 9.23 Å². The van der Waals surface area contributed by atoms with Gasteiger partial charge in [0.1, 0.15) is 5.75 Å². The zero-order valence-corrected chi connectivity index (χ0v) is 15.4. The summed E-state index contributed by atoms with van der Waals surface area (Å²) in [6.45, 7) is -0.460. The van der Waals surface area contributed by atoms with Gasteiger partial charge in [-0.2, -0.15) is 8.78 Å². The number of halogens is 2. The molecule has 4 atom stereocenters. The minimum absolute atomic E-state index is 0.264. The average molecular weight is 350 g/mol. The van der Waals surface area contributed by atoms with Crippen molar-refractivity contribution in [1.29, 1.82) is 0 Å². The Hall–Kier alpha value is -1.12. The number of hydrogen-bond donors (Lipinski definition) is 0. The minimum atomic E-state index is -2.74. The highest BCUT2D eigenvalue weighted by molar-refractivity contribution is 5.30. The zero-order valence-electron chi connectivity index (χ0n) is 15.4. The first-order valence-electron chi connectivity index (χ1n) is 10.2. The van der Waals surface area contributed by atoms with Crippen LogP contribution in [0.1, 0.15) is 82.6 Å². The molecule has 1 nitrogen and oxygen atoms in total. The predicted octanol–water partition coefficient (Wildman–Crippen LogP) is 7.17. The lowest BCUT2D eigenvalue weighted by atomic mass is 9.63. The Bertz CT molecular complexity index is 513. The lowest BCUT2D eigenvalue weighted by Crippen LogP contribution is -2.30. The third-order valence-electron chi connectivity index (χ3n) is 6.51. The first-order valence-corrected chi connectivity index (χ1v) is 10.2. The van der Waals surface area contributed by atoms with Gasteiger partial charge in [0.25, 0.3) is 0 Å². The highest BCUT2D eigenvalue weighted by atomic mass is 19.3. The smallest absolute Gasteiger partial charge is 0.387 e. The van der Waals surface area contributed by atoms with Gasteiger partial charge < -0.3 is 4.74 Å². The second-order valence-corrected chi connectivity index (χ2v) is 8.15. The summed E-state index contributed by atoms with van der Waals surface area (Å²) in [5.41, 5.74) is 1.30. The molecule has 25 heavy (non-hydrogen) atoms. The van der Waals surface area contributed by atoms with Crippen molar-refractivity contribution in [3.8, 4) is 5.75 Å². The standard InChI is InChI=1S/C22H32F2O/c1-2-3-4-5-16-6-7-20-15-19(9-8-18(20)14-16)17-10-12-21(13-11-17)25-22(23)24/h10-13,16,18-20,22H,2-9,14-15H2,1H3. The van der Waals surface area contributed by atoms with Crippen LogP contribution in [-0.2, 0) is 0 Å². The third-order valence-corrected chi connectivity index (χ3v) is 6.51. The van der Waals surface area contributed by atoms with Crippen LogP contribution in [0.4, 0.5) is 8.78 Å². The number of ether oxygens (including phenoxy) is 1. The van der Waals surface area contributed by atoms with E-state index in [1.54, 1.807) is 12.1 Å². The van der Waals surface area contributed by atoms with Crippen LogP contribution in [0.2, 0.25) is 0 Å². The van der Waals surface area contributed by atoms with Crippen molar-refractivity contribution < 1.29 is 13.5 Å². The summed E-state index contributed by atoms with van der Waals surface area (Å²) in [5.74, 6) is 3.63. The molecule has 3 heteroatoms. The first kappa shape index (κ1) is 18.7. The van der Waals surface area contributed by atoms with Gasteiger partial charge in [-0.25, -0.2) is 0 Å². The average Bonchev–Trinajstić information content (AvgIpc) is 2.62. The summed E-state index contributed by atoms with van der Waals surface area (Å²) in [4.78, 5) is 0. The van der Waals surface area contributed by atoms with Crippen LogP contribution in [0.3, 0.4) is 0 Å². The quantitative estimate of drug-likeness (QED) is 0.474. The number of hydrogen-bond acceptors (Lipinski definition) is 1. The van der Waals surface area contributed by atoms with Gasteiger partial charge in [-0.05, 0) is 73.5 Å². The van der Waals surface area contributed by atoms with E-state index in [2.05, 4.69) is 11.7 Å². The molecule has 2 aliphatic rings. The van der Waals surface area contributed by atoms with Gasteiger partial charge in [-0.1, -0.05) is 51.2 Å². The molecule has 0 spiro atoms.